The van der Waals surface area contributed by atoms with Crippen molar-refractivity contribution in [2.24, 2.45) is 0 Å². The topological polar surface area (TPSA) is 81.0 Å². The molecule has 40 heavy (non-hydrogen) atoms. The molecule has 0 radical (unpaired) electrons. The molecule has 5 rings (SSSR count). The van der Waals surface area contributed by atoms with Crippen molar-refractivity contribution in [1.29, 1.82) is 0 Å². The van der Waals surface area contributed by atoms with Crippen LogP contribution < -0.4 is 5.32 Å². The molecule has 1 N–H and O–H groups in total. The van der Waals surface area contributed by atoms with Gasteiger partial charge in [0, 0.05) is 39.7 Å². The third kappa shape index (κ3) is 7.96. The van der Waals surface area contributed by atoms with Crippen molar-refractivity contribution in [2.45, 2.75) is 64.5 Å². The van der Waals surface area contributed by atoms with Gasteiger partial charge in [-0.1, -0.05) is 62.5 Å². The second-order valence-corrected chi connectivity index (χ2v) is 17.6. The van der Waals surface area contributed by atoms with Gasteiger partial charge >= 0.3 is 0 Å². The number of pyridine rings is 1. The Morgan fingerprint density at radius 2 is 1.75 bits per heavy atom. The molecule has 8 nitrogen and oxygen atoms in total. The van der Waals surface area contributed by atoms with Crippen LogP contribution >= 0.6 is 0 Å². The number of fused-ring (bicyclic) bond motifs is 1. The zero-order valence-corrected chi connectivity index (χ0v) is 25.3. The standard InChI is InChI=1S/C31H43N7OSi/c1-40(2,3)22-21-39-24-38-30-27(23-33-31(35-30)32-17-20-37-18-8-5-9-19-37)29(36-38)28-14-10-13-26(34-28)16-15-25-11-6-4-7-12-25/h4,6-7,10-14,23H,5,8-9,15-22,24H2,1-3H3,(H,32,33,35). The normalized spacial score (nSPS) is 14.6. The molecule has 0 atom stereocenters. The fraction of sp³-hybridized carbons (Fsp3) is 0.484. The van der Waals surface area contributed by atoms with Gasteiger partial charge in [0.1, 0.15) is 12.4 Å². The van der Waals surface area contributed by atoms with Crippen LogP contribution in [0.15, 0.2) is 54.7 Å². The lowest BCUT2D eigenvalue weighted by molar-refractivity contribution is 0.0814. The van der Waals surface area contributed by atoms with E-state index < -0.39 is 8.07 Å². The summed E-state index contributed by atoms with van der Waals surface area (Å²) in [5.41, 5.74) is 4.77. The summed E-state index contributed by atoms with van der Waals surface area (Å²) in [5, 5.41) is 9.27. The number of benzene rings is 1. The number of nitrogens with one attached hydrogen (secondary N) is 1. The number of rotatable bonds is 13. The summed E-state index contributed by atoms with van der Waals surface area (Å²) in [6, 6.07) is 17.8. The Balaban J connectivity index is 1.34. The highest BCUT2D eigenvalue weighted by molar-refractivity contribution is 6.76. The molecule has 1 aromatic carbocycles. The first-order valence-electron chi connectivity index (χ1n) is 14.7. The summed E-state index contributed by atoms with van der Waals surface area (Å²) in [7, 11) is -1.18. The van der Waals surface area contributed by atoms with Gasteiger partial charge in [0.25, 0.3) is 0 Å². The van der Waals surface area contributed by atoms with Crippen LogP contribution in [0.3, 0.4) is 0 Å². The molecule has 0 spiro atoms. The third-order valence-electron chi connectivity index (χ3n) is 7.42. The highest BCUT2D eigenvalue weighted by atomic mass is 28.3. The van der Waals surface area contributed by atoms with Crippen molar-refractivity contribution in [1.82, 2.24) is 29.6 Å². The molecule has 4 heterocycles. The van der Waals surface area contributed by atoms with Gasteiger partial charge < -0.3 is 15.0 Å². The minimum Gasteiger partial charge on any atom is -0.359 e. The van der Waals surface area contributed by atoms with E-state index in [-0.39, 0.29) is 0 Å². The van der Waals surface area contributed by atoms with E-state index in [2.05, 4.69) is 77.3 Å². The summed E-state index contributed by atoms with van der Waals surface area (Å²) in [5.74, 6) is 0.629. The summed E-state index contributed by atoms with van der Waals surface area (Å²) in [6.45, 7) is 12.4. The number of aromatic nitrogens is 5. The van der Waals surface area contributed by atoms with Gasteiger partial charge in [-0.05, 0) is 62.5 Å². The fourth-order valence-corrected chi connectivity index (χ4v) is 5.79. The van der Waals surface area contributed by atoms with Gasteiger partial charge in [-0.15, -0.1) is 0 Å². The van der Waals surface area contributed by atoms with Crippen LogP contribution in [0.4, 0.5) is 5.95 Å². The Hall–Kier alpha value is -3.14. The smallest absolute Gasteiger partial charge is 0.224 e. The summed E-state index contributed by atoms with van der Waals surface area (Å²) in [4.78, 5) is 17.0. The first kappa shape index (κ1) is 28.4. The molecule has 9 heteroatoms. The van der Waals surface area contributed by atoms with E-state index in [1.54, 1.807) is 0 Å². The molecule has 3 aromatic heterocycles. The molecule has 1 saturated heterocycles. The lowest BCUT2D eigenvalue weighted by atomic mass is 10.1. The quantitative estimate of drug-likeness (QED) is 0.162. The highest BCUT2D eigenvalue weighted by Gasteiger charge is 2.18. The number of ether oxygens (including phenoxy) is 1. The maximum absolute atomic E-state index is 6.09. The lowest BCUT2D eigenvalue weighted by Crippen LogP contribution is -2.33. The Labute approximate surface area is 239 Å². The molecule has 0 saturated carbocycles. The SMILES string of the molecule is C[Si](C)(C)CCOCn1nc(-c2cccc(CCc3ccccc3)n2)c2cnc(NCCN3CCCCC3)nc21. The maximum Gasteiger partial charge on any atom is 0.224 e. The first-order valence-corrected chi connectivity index (χ1v) is 18.4. The van der Waals surface area contributed by atoms with E-state index in [9.17, 15) is 0 Å². The minimum absolute atomic E-state index is 0.360. The molecule has 1 aliphatic heterocycles. The molecule has 0 bridgehead atoms. The molecule has 0 amide bonds. The molecule has 0 unspecified atom stereocenters. The molecule has 0 aliphatic carbocycles. The van der Waals surface area contributed by atoms with Crippen molar-refractivity contribution >= 4 is 25.1 Å². The summed E-state index contributed by atoms with van der Waals surface area (Å²) < 4.78 is 7.96. The van der Waals surface area contributed by atoms with Crippen molar-refractivity contribution in [3.05, 3.63) is 66.0 Å². The number of anilines is 1. The second-order valence-electron chi connectivity index (χ2n) is 12.0. The van der Waals surface area contributed by atoms with E-state index in [1.807, 2.05) is 16.9 Å². The number of hydrogen-bond donors (Lipinski definition) is 1. The van der Waals surface area contributed by atoms with Gasteiger partial charge in [-0.2, -0.15) is 10.1 Å². The number of hydrogen-bond acceptors (Lipinski definition) is 7. The van der Waals surface area contributed by atoms with E-state index >= 15 is 0 Å². The van der Waals surface area contributed by atoms with E-state index in [1.165, 1.54) is 37.9 Å². The van der Waals surface area contributed by atoms with E-state index in [0.29, 0.717) is 12.7 Å². The van der Waals surface area contributed by atoms with Gasteiger partial charge in [0.15, 0.2) is 5.65 Å². The Bertz CT molecular complexity index is 1360. The van der Waals surface area contributed by atoms with Gasteiger partial charge in [-0.25, -0.2) is 9.67 Å². The van der Waals surface area contributed by atoms with Gasteiger partial charge in [0.2, 0.25) is 5.95 Å². The second kappa shape index (κ2) is 13.5. The Morgan fingerprint density at radius 1 is 0.925 bits per heavy atom. The third-order valence-corrected chi connectivity index (χ3v) is 9.12. The maximum atomic E-state index is 6.09. The van der Waals surface area contributed by atoms with E-state index in [0.717, 1.165) is 66.7 Å². The largest absolute Gasteiger partial charge is 0.359 e. The number of aryl methyl sites for hydroxylation is 2. The highest BCUT2D eigenvalue weighted by Crippen LogP contribution is 2.26. The van der Waals surface area contributed by atoms with Crippen molar-refractivity contribution in [2.75, 3.05) is 38.1 Å². The first-order chi connectivity index (χ1) is 19.4. The zero-order chi connectivity index (χ0) is 27.8. The molecule has 4 aromatic rings. The number of nitrogens with zero attached hydrogens (tertiary/aromatic N) is 6. The lowest BCUT2D eigenvalue weighted by Gasteiger charge is -2.26. The fourth-order valence-electron chi connectivity index (χ4n) is 5.03. The van der Waals surface area contributed by atoms with E-state index in [4.69, 9.17) is 19.8 Å². The average Bonchev–Trinajstić information content (AvgIpc) is 3.33. The van der Waals surface area contributed by atoms with Crippen LogP contribution in [0, 0.1) is 0 Å². The van der Waals surface area contributed by atoms with Crippen molar-refractivity contribution in [3.8, 4) is 11.4 Å². The predicted octanol–water partition coefficient (Wildman–Crippen LogP) is 5.88. The van der Waals surface area contributed by atoms with Crippen LogP contribution in [0.2, 0.25) is 25.7 Å². The van der Waals surface area contributed by atoms with Crippen LogP contribution in [0.5, 0.6) is 0 Å². The van der Waals surface area contributed by atoms with Gasteiger partial charge in [0.05, 0.1) is 11.1 Å². The molecule has 212 valence electrons. The summed E-state index contributed by atoms with van der Waals surface area (Å²) >= 11 is 0. The molecular weight excluding hydrogens is 514 g/mol. The van der Waals surface area contributed by atoms with Crippen LogP contribution in [0.25, 0.3) is 22.4 Å². The predicted molar refractivity (Wildman–Crippen MR) is 165 cm³/mol. The number of likely N-dealkylation sites (tertiary alicyclic amines) is 1. The zero-order valence-electron chi connectivity index (χ0n) is 24.3. The Morgan fingerprint density at radius 3 is 2.55 bits per heavy atom. The monoisotopic (exact) mass is 557 g/mol. The van der Waals surface area contributed by atoms with Crippen LogP contribution in [-0.4, -0.2) is 70.5 Å². The van der Waals surface area contributed by atoms with Gasteiger partial charge in [-0.3, -0.25) is 4.98 Å². The average molecular weight is 558 g/mol. The molecular formula is C31H43N7OSi. The van der Waals surface area contributed by atoms with Crippen molar-refractivity contribution in [3.63, 3.8) is 0 Å². The molecule has 1 fully saturated rings. The minimum atomic E-state index is -1.18. The van der Waals surface area contributed by atoms with Crippen molar-refractivity contribution < 1.29 is 4.74 Å². The summed E-state index contributed by atoms with van der Waals surface area (Å²) in [6.07, 6.45) is 7.64. The molecule has 1 aliphatic rings. The number of piperidine rings is 1. The van der Waals surface area contributed by atoms with Crippen LogP contribution in [0.1, 0.15) is 30.5 Å². The van der Waals surface area contributed by atoms with Crippen LogP contribution in [-0.2, 0) is 24.3 Å². The Kier molecular flexibility index (Phi) is 9.56.